The topological polar surface area (TPSA) is 45.5 Å². The Morgan fingerprint density at radius 1 is 1.30 bits per heavy atom. The Hall–Kier alpha value is -1.09. The van der Waals surface area contributed by atoms with Gasteiger partial charge in [0, 0.05) is 12.4 Å². The highest BCUT2D eigenvalue weighted by molar-refractivity contribution is 6.56. The molecule has 0 amide bonds. The van der Waals surface area contributed by atoms with Crippen LogP contribution in [-0.4, -0.2) is 15.9 Å². The maximum Gasteiger partial charge on any atom is 0.132 e. The van der Waals surface area contributed by atoms with E-state index in [2.05, 4.69) is 21.7 Å². The van der Waals surface area contributed by atoms with Crippen molar-refractivity contribution in [3.63, 3.8) is 0 Å². The van der Waals surface area contributed by atoms with Gasteiger partial charge in [0.05, 0.1) is 0 Å². The number of aromatic nitrogens is 1. The maximum absolute atomic E-state index is 7.31. The van der Waals surface area contributed by atoms with Crippen molar-refractivity contribution in [2.45, 2.75) is 0 Å². The molecule has 1 heterocycles. The van der Waals surface area contributed by atoms with Crippen LogP contribution in [0.15, 0.2) is 35.7 Å². The molecule has 0 saturated carbocycles. The summed E-state index contributed by atoms with van der Waals surface area (Å²) >= 11 is 4.64. The van der Waals surface area contributed by atoms with E-state index in [-0.39, 0.29) is 0 Å². The fraction of sp³-hybridized carbons (Fsp3) is 0. The van der Waals surface area contributed by atoms with E-state index < -0.39 is 0 Å². The van der Waals surface area contributed by atoms with E-state index in [9.17, 15) is 0 Å². The average molecular weight is 159 g/mol. The summed E-state index contributed by atoms with van der Waals surface area (Å²) in [6.45, 7) is 0. The third-order valence-electron chi connectivity index (χ3n) is 0.610. The highest BCUT2D eigenvalue weighted by atomic mass is 35.5. The van der Waals surface area contributed by atoms with Crippen molar-refractivity contribution in [2.24, 2.45) is 5.16 Å². The van der Waals surface area contributed by atoms with Crippen LogP contribution in [0.2, 0.25) is 0 Å². The zero-order valence-corrected chi connectivity index (χ0v) is 5.94. The molecule has 54 valence electrons. The molecule has 0 unspecified atom stereocenters. The molecule has 0 fully saturated rings. The van der Waals surface area contributed by atoms with Gasteiger partial charge in [-0.2, -0.15) is 0 Å². The summed E-state index contributed by atoms with van der Waals surface area (Å²) in [6, 6.07) is 5.72. The highest BCUT2D eigenvalue weighted by Crippen LogP contribution is 1.73. The van der Waals surface area contributed by atoms with E-state index in [1.807, 2.05) is 18.2 Å². The second-order valence-electron chi connectivity index (χ2n) is 1.24. The minimum atomic E-state index is 0.778. The van der Waals surface area contributed by atoms with Gasteiger partial charge in [0.15, 0.2) is 0 Å². The van der Waals surface area contributed by atoms with Gasteiger partial charge in [0.1, 0.15) is 5.67 Å². The lowest BCUT2D eigenvalue weighted by molar-refractivity contribution is 0.323. The van der Waals surface area contributed by atoms with Crippen LogP contribution in [0.5, 0.6) is 0 Å². The maximum atomic E-state index is 7.31. The molecule has 0 aliphatic rings. The minimum absolute atomic E-state index is 0.778. The number of rotatable bonds is 0. The standard InChI is InChI=1S/C5H5N.CH2ClNO/c1-2-4-6-5-3-1;2-1-3-4/h1-5H;1,4H. The second kappa shape index (κ2) is 7.91. The monoisotopic (exact) mass is 158 g/mol. The minimum Gasteiger partial charge on any atom is -0.410 e. The fourth-order valence-electron chi connectivity index (χ4n) is 0.313. The summed E-state index contributed by atoms with van der Waals surface area (Å²) in [4.78, 5) is 3.78. The molecule has 1 aromatic rings. The molecule has 3 nitrogen and oxygen atoms in total. The molecule has 0 aliphatic heterocycles. The molecule has 0 bridgehead atoms. The van der Waals surface area contributed by atoms with E-state index in [1.54, 1.807) is 12.4 Å². The van der Waals surface area contributed by atoms with Gasteiger partial charge < -0.3 is 5.21 Å². The fourth-order valence-corrected chi connectivity index (χ4v) is 0.313. The quantitative estimate of drug-likeness (QED) is 0.355. The van der Waals surface area contributed by atoms with Crippen LogP contribution in [0.3, 0.4) is 0 Å². The second-order valence-corrected chi connectivity index (χ2v) is 1.43. The number of hydrogen-bond donors (Lipinski definition) is 1. The van der Waals surface area contributed by atoms with Crippen molar-refractivity contribution in [3.8, 4) is 0 Å². The van der Waals surface area contributed by atoms with Gasteiger partial charge in [-0.15, -0.1) is 0 Å². The van der Waals surface area contributed by atoms with Crippen molar-refractivity contribution in [2.75, 3.05) is 0 Å². The van der Waals surface area contributed by atoms with Gasteiger partial charge in [-0.1, -0.05) is 22.8 Å². The third kappa shape index (κ3) is 6.91. The van der Waals surface area contributed by atoms with Crippen molar-refractivity contribution >= 4 is 17.3 Å². The summed E-state index contributed by atoms with van der Waals surface area (Å²) in [6.07, 6.45) is 3.50. The van der Waals surface area contributed by atoms with Crippen LogP contribution in [0, 0.1) is 0 Å². The SMILES string of the molecule is ON=CCl.c1ccncc1. The van der Waals surface area contributed by atoms with Gasteiger partial charge in [-0.3, -0.25) is 4.98 Å². The first-order valence-electron chi connectivity index (χ1n) is 2.53. The Morgan fingerprint density at radius 2 is 1.80 bits per heavy atom. The molecule has 0 aliphatic carbocycles. The van der Waals surface area contributed by atoms with Crippen LogP contribution < -0.4 is 0 Å². The van der Waals surface area contributed by atoms with E-state index in [4.69, 9.17) is 5.21 Å². The van der Waals surface area contributed by atoms with Crippen LogP contribution in [0.25, 0.3) is 0 Å². The van der Waals surface area contributed by atoms with E-state index in [0.717, 1.165) is 5.67 Å². The van der Waals surface area contributed by atoms with Crippen LogP contribution >= 0.6 is 11.6 Å². The number of hydrogen-bond acceptors (Lipinski definition) is 3. The predicted molar refractivity (Wildman–Crippen MR) is 40.4 cm³/mol. The normalized spacial score (nSPS) is 8.50. The molecule has 10 heavy (non-hydrogen) atoms. The zero-order chi connectivity index (χ0) is 7.66. The Morgan fingerprint density at radius 3 is 1.90 bits per heavy atom. The van der Waals surface area contributed by atoms with Gasteiger partial charge in [0.25, 0.3) is 0 Å². The van der Waals surface area contributed by atoms with Crippen LogP contribution in [-0.2, 0) is 0 Å². The number of nitrogens with zero attached hydrogens (tertiary/aromatic N) is 2. The molecule has 0 aromatic carbocycles. The smallest absolute Gasteiger partial charge is 0.132 e. The molecular formula is C6H7ClN2O. The lowest BCUT2D eigenvalue weighted by Gasteiger charge is -1.70. The van der Waals surface area contributed by atoms with Gasteiger partial charge in [-0.05, 0) is 12.1 Å². The third-order valence-corrected chi connectivity index (χ3v) is 0.697. The predicted octanol–water partition coefficient (Wildman–Crippen LogP) is 1.72. The molecule has 1 N–H and O–H groups in total. The molecule has 1 rings (SSSR count). The Balaban J connectivity index is 0.000000180. The number of pyridine rings is 1. The molecule has 0 radical (unpaired) electrons. The Labute approximate surface area is 64.0 Å². The summed E-state index contributed by atoms with van der Waals surface area (Å²) in [7, 11) is 0. The van der Waals surface area contributed by atoms with Gasteiger partial charge >= 0.3 is 0 Å². The van der Waals surface area contributed by atoms with Gasteiger partial charge in [0.2, 0.25) is 0 Å². The highest BCUT2D eigenvalue weighted by Gasteiger charge is 1.58. The summed E-state index contributed by atoms with van der Waals surface area (Å²) < 4.78 is 0. The van der Waals surface area contributed by atoms with Gasteiger partial charge in [-0.25, -0.2) is 0 Å². The van der Waals surface area contributed by atoms with Crippen molar-refractivity contribution < 1.29 is 5.21 Å². The largest absolute Gasteiger partial charge is 0.410 e. The van der Waals surface area contributed by atoms with Crippen molar-refractivity contribution in [3.05, 3.63) is 30.6 Å². The van der Waals surface area contributed by atoms with Crippen LogP contribution in [0.1, 0.15) is 0 Å². The molecule has 0 atom stereocenters. The average Bonchev–Trinajstić information content (AvgIpc) is 2.08. The molecule has 0 spiro atoms. The number of oxime groups is 1. The Kier molecular flexibility index (Phi) is 7.05. The molecule has 1 aromatic heterocycles. The first-order valence-corrected chi connectivity index (χ1v) is 2.96. The van der Waals surface area contributed by atoms with Crippen molar-refractivity contribution in [1.82, 2.24) is 4.98 Å². The van der Waals surface area contributed by atoms with E-state index in [0.29, 0.717) is 0 Å². The summed E-state index contributed by atoms with van der Waals surface area (Å²) in [5.74, 6) is 0. The summed E-state index contributed by atoms with van der Waals surface area (Å²) in [5, 5.41) is 9.69. The van der Waals surface area contributed by atoms with Crippen molar-refractivity contribution in [1.29, 1.82) is 0 Å². The number of halogens is 1. The van der Waals surface area contributed by atoms with E-state index >= 15 is 0 Å². The lowest BCUT2D eigenvalue weighted by atomic mass is 10.5. The first kappa shape index (κ1) is 8.91. The molecule has 0 saturated heterocycles. The molecule has 4 heteroatoms. The zero-order valence-electron chi connectivity index (χ0n) is 5.18. The summed E-state index contributed by atoms with van der Waals surface area (Å²) in [5.41, 5.74) is 0.778. The first-order chi connectivity index (χ1) is 4.91. The Bertz CT molecular complexity index is 136. The van der Waals surface area contributed by atoms with E-state index in [1.165, 1.54) is 0 Å². The molecular weight excluding hydrogens is 152 g/mol. The lowest BCUT2D eigenvalue weighted by Crippen LogP contribution is -1.58. The van der Waals surface area contributed by atoms with Crippen LogP contribution in [0.4, 0.5) is 0 Å².